The standard InChI is InChI=1S/C13H19BrClNO/c1-9(7-8-17-3)13(16-2)10-5-4-6-11(14)12(10)15/h4-6,9,13,16H,7-8H2,1-3H3. The first kappa shape index (κ1) is 15.0. The van der Waals surface area contributed by atoms with Crippen LogP contribution in [0.1, 0.15) is 24.9 Å². The predicted molar refractivity (Wildman–Crippen MR) is 76.6 cm³/mol. The van der Waals surface area contributed by atoms with Gasteiger partial charge in [-0.3, -0.25) is 0 Å². The number of ether oxygens (including phenoxy) is 1. The first-order chi connectivity index (χ1) is 8.11. The van der Waals surface area contributed by atoms with E-state index in [1.165, 1.54) is 0 Å². The van der Waals surface area contributed by atoms with Gasteiger partial charge in [-0.1, -0.05) is 30.7 Å². The molecule has 1 N–H and O–H groups in total. The molecule has 1 rings (SSSR count). The van der Waals surface area contributed by atoms with E-state index in [-0.39, 0.29) is 6.04 Å². The molecule has 1 aromatic carbocycles. The van der Waals surface area contributed by atoms with E-state index in [4.69, 9.17) is 16.3 Å². The number of rotatable bonds is 6. The number of nitrogens with one attached hydrogen (secondary N) is 1. The van der Waals surface area contributed by atoms with Crippen molar-refractivity contribution in [2.45, 2.75) is 19.4 Å². The summed E-state index contributed by atoms with van der Waals surface area (Å²) in [6, 6.07) is 6.28. The normalized spacial score (nSPS) is 14.6. The number of hydrogen-bond donors (Lipinski definition) is 1. The van der Waals surface area contributed by atoms with Gasteiger partial charge in [-0.25, -0.2) is 0 Å². The minimum Gasteiger partial charge on any atom is -0.385 e. The second-order valence-electron chi connectivity index (χ2n) is 4.17. The van der Waals surface area contributed by atoms with Crippen molar-refractivity contribution in [3.05, 3.63) is 33.3 Å². The van der Waals surface area contributed by atoms with Crippen LogP contribution in [-0.4, -0.2) is 20.8 Å². The minimum atomic E-state index is 0.246. The summed E-state index contributed by atoms with van der Waals surface area (Å²) in [4.78, 5) is 0. The molecule has 0 bridgehead atoms. The summed E-state index contributed by atoms with van der Waals surface area (Å²) in [6.45, 7) is 2.97. The lowest BCUT2D eigenvalue weighted by atomic mass is 9.92. The quantitative estimate of drug-likeness (QED) is 0.854. The topological polar surface area (TPSA) is 21.3 Å². The zero-order chi connectivity index (χ0) is 12.8. The van der Waals surface area contributed by atoms with Gasteiger partial charge in [-0.2, -0.15) is 0 Å². The van der Waals surface area contributed by atoms with Crippen molar-refractivity contribution in [2.24, 2.45) is 5.92 Å². The molecular formula is C13H19BrClNO. The van der Waals surface area contributed by atoms with Crippen LogP contribution in [0.25, 0.3) is 0 Å². The van der Waals surface area contributed by atoms with Gasteiger partial charge in [0, 0.05) is 24.2 Å². The van der Waals surface area contributed by atoms with Crippen LogP contribution in [0.2, 0.25) is 5.02 Å². The molecule has 0 aliphatic carbocycles. The highest BCUT2D eigenvalue weighted by atomic mass is 79.9. The molecule has 0 aliphatic rings. The summed E-state index contributed by atoms with van der Waals surface area (Å²) in [7, 11) is 3.69. The lowest BCUT2D eigenvalue weighted by Gasteiger charge is -2.25. The molecule has 0 amide bonds. The molecule has 96 valence electrons. The second kappa shape index (κ2) is 7.37. The van der Waals surface area contributed by atoms with Crippen LogP contribution in [-0.2, 0) is 4.74 Å². The Morgan fingerprint density at radius 1 is 1.47 bits per heavy atom. The van der Waals surface area contributed by atoms with E-state index in [0.29, 0.717) is 5.92 Å². The third-order valence-electron chi connectivity index (χ3n) is 2.97. The maximum absolute atomic E-state index is 6.33. The second-order valence-corrected chi connectivity index (χ2v) is 5.40. The lowest BCUT2D eigenvalue weighted by Crippen LogP contribution is -2.24. The molecule has 2 unspecified atom stereocenters. The highest BCUT2D eigenvalue weighted by molar-refractivity contribution is 9.10. The van der Waals surface area contributed by atoms with E-state index in [1.54, 1.807) is 7.11 Å². The van der Waals surface area contributed by atoms with Crippen LogP contribution in [0.3, 0.4) is 0 Å². The van der Waals surface area contributed by atoms with E-state index in [9.17, 15) is 0 Å². The van der Waals surface area contributed by atoms with Crippen LogP contribution in [0.4, 0.5) is 0 Å². The van der Waals surface area contributed by atoms with Crippen LogP contribution >= 0.6 is 27.5 Å². The third-order valence-corrected chi connectivity index (χ3v) is 4.28. The molecule has 0 radical (unpaired) electrons. The smallest absolute Gasteiger partial charge is 0.0595 e. The Kier molecular flexibility index (Phi) is 6.49. The van der Waals surface area contributed by atoms with Gasteiger partial charge in [0.05, 0.1) is 5.02 Å². The Balaban J connectivity index is 2.89. The maximum atomic E-state index is 6.33. The molecule has 17 heavy (non-hydrogen) atoms. The van der Waals surface area contributed by atoms with Crippen molar-refractivity contribution in [3.8, 4) is 0 Å². The largest absolute Gasteiger partial charge is 0.385 e. The minimum absolute atomic E-state index is 0.246. The molecule has 0 saturated heterocycles. The zero-order valence-electron chi connectivity index (χ0n) is 10.5. The Bertz CT molecular complexity index is 359. The first-order valence-corrected chi connectivity index (χ1v) is 6.89. The third kappa shape index (κ3) is 3.95. The van der Waals surface area contributed by atoms with Gasteiger partial charge in [-0.15, -0.1) is 0 Å². The van der Waals surface area contributed by atoms with Crippen LogP contribution < -0.4 is 5.32 Å². The van der Waals surface area contributed by atoms with Crippen molar-refractivity contribution >= 4 is 27.5 Å². The molecule has 4 heteroatoms. The van der Waals surface area contributed by atoms with Crippen LogP contribution in [0.15, 0.2) is 22.7 Å². The van der Waals surface area contributed by atoms with Crippen molar-refractivity contribution in [2.75, 3.05) is 20.8 Å². The molecule has 0 fully saturated rings. The van der Waals surface area contributed by atoms with Gasteiger partial charge in [0.15, 0.2) is 0 Å². The maximum Gasteiger partial charge on any atom is 0.0595 e. The molecule has 0 aromatic heterocycles. The van der Waals surface area contributed by atoms with Crippen LogP contribution in [0, 0.1) is 5.92 Å². The SMILES string of the molecule is CNC(c1cccc(Br)c1Cl)C(C)CCOC. The molecule has 0 spiro atoms. The van der Waals surface area contributed by atoms with Crippen molar-refractivity contribution in [1.82, 2.24) is 5.32 Å². The molecule has 0 saturated carbocycles. The summed E-state index contributed by atoms with van der Waals surface area (Å²) < 4.78 is 6.07. The number of halogens is 2. The predicted octanol–water partition coefficient (Wildman–Crippen LogP) is 4.04. The van der Waals surface area contributed by atoms with Gasteiger partial charge < -0.3 is 10.1 Å². The summed E-state index contributed by atoms with van der Waals surface area (Å²) in [5.74, 6) is 0.465. The lowest BCUT2D eigenvalue weighted by molar-refractivity contribution is 0.171. The van der Waals surface area contributed by atoms with E-state index >= 15 is 0 Å². The number of methoxy groups -OCH3 is 1. The fourth-order valence-corrected chi connectivity index (χ4v) is 2.60. The Labute approximate surface area is 117 Å². The Morgan fingerprint density at radius 3 is 2.76 bits per heavy atom. The van der Waals surface area contributed by atoms with E-state index in [1.807, 2.05) is 19.2 Å². The molecule has 2 nitrogen and oxygen atoms in total. The molecule has 0 heterocycles. The molecule has 2 atom stereocenters. The Hall–Kier alpha value is -0.0900. The average molecular weight is 321 g/mol. The van der Waals surface area contributed by atoms with Gasteiger partial charge in [0.25, 0.3) is 0 Å². The van der Waals surface area contributed by atoms with Gasteiger partial charge in [-0.05, 0) is 46.9 Å². The summed E-state index contributed by atoms with van der Waals surface area (Å²) in [5.41, 5.74) is 1.13. The van der Waals surface area contributed by atoms with Crippen molar-refractivity contribution in [1.29, 1.82) is 0 Å². The highest BCUT2D eigenvalue weighted by Gasteiger charge is 2.20. The van der Waals surface area contributed by atoms with Gasteiger partial charge >= 0.3 is 0 Å². The van der Waals surface area contributed by atoms with Crippen molar-refractivity contribution < 1.29 is 4.74 Å². The molecular weight excluding hydrogens is 302 g/mol. The fourth-order valence-electron chi connectivity index (χ4n) is 1.98. The van der Waals surface area contributed by atoms with Crippen molar-refractivity contribution in [3.63, 3.8) is 0 Å². The summed E-state index contributed by atoms with van der Waals surface area (Å²) >= 11 is 9.79. The molecule has 0 aliphatic heterocycles. The van der Waals surface area contributed by atoms with Gasteiger partial charge in [0.2, 0.25) is 0 Å². The van der Waals surface area contributed by atoms with Crippen LogP contribution in [0.5, 0.6) is 0 Å². The zero-order valence-corrected chi connectivity index (χ0v) is 12.8. The van der Waals surface area contributed by atoms with E-state index in [0.717, 1.165) is 28.1 Å². The summed E-state index contributed by atoms with van der Waals surface area (Å²) in [5, 5.41) is 4.12. The van der Waals surface area contributed by atoms with Gasteiger partial charge in [0.1, 0.15) is 0 Å². The monoisotopic (exact) mass is 319 g/mol. The highest BCUT2D eigenvalue weighted by Crippen LogP contribution is 2.34. The first-order valence-electron chi connectivity index (χ1n) is 5.72. The summed E-state index contributed by atoms with van der Waals surface area (Å²) in [6.07, 6.45) is 1.00. The molecule has 1 aromatic rings. The van der Waals surface area contributed by atoms with E-state index in [2.05, 4.69) is 34.2 Å². The Morgan fingerprint density at radius 2 is 2.18 bits per heavy atom. The number of hydrogen-bond acceptors (Lipinski definition) is 2. The fraction of sp³-hybridized carbons (Fsp3) is 0.538. The average Bonchev–Trinajstić information content (AvgIpc) is 2.32. The number of benzene rings is 1. The van der Waals surface area contributed by atoms with E-state index < -0.39 is 0 Å².